The van der Waals surface area contributed by atoms with Crippen molar-refractivity contribution in [2.24, 2.45) is 5.73 Å². The quantitative estimate of drug-likeness (QED) is 0.441. The van der Waals surface area contributed by atoms with E-state index in [0.717, 1.165) is 6.42 Å². The van der Waals surface area contributed by atoms with Gasteiger partial charge in [0.1, 0.15) is 0 Å². The van der Waals surface area contributed by atoms with Gasteiger partial charge in [-0.25, -0.2) is 9.59 Å². The molecule has 1 aromatic carbocycles. The predicted octanol–water partition coefficient (Wildman–Crippen LogP) is 1.35. The first-order valence-electron chi connectivity index (χ1n) is 6.24. The summed E-state index contributed by atoms with van der Waals surface area (Å²) in [6, 6.07) is 8.79. The number of unbranched alkanes of at least 4 members (excludes halogenated alkanes) is 1. The second kappa shape index (κ2) is 6.89. The zero-order chi connectivity index (χ0) is 14.3. The summed E-state index contributed by atoms with van der Waals surface area (Å²) in [5.41, 5.74) is 4.37. The molecule has 19 heavy (non-hydrogen) atoms. The van der Waals surface area contributed by atoms with Crippen LogP contribution in [-0.2, 0) is 20.7 Å². The van der Waals surface area contributed by atoms with Gasteiger partial charge < -0.3 is 15.6 Å². The highest BCUT2D eigenvalue weighted by molar-refractivity contribution is 6.04. The van der Waals surface area contributed by atoms with Crippen LogP contribution in [0, 0.1) is 0 Å². The van der Waals surface area contributed by atoms with Gasteiger partial charge in [-0.1, -0.05) is 43.7 Å². The Labute approximate surface area is 112 Å². The van der Waals surface area contributed by atoms with Crippen molar-refractivity contribution in [2.45, 2.75) is 31.7 Å². The highest BCUT2D eigenvalue weighted by atomic mass is 16.5. The molecule has 0 aromatic heterocycles. The molecule has 1 aromatic rings. The number of carbonyl (C=O) groups excluding carboxylic acids is 1. The van der Waals surface area contributed by atoms with Crippen LogP contribution in [0.3, 0.4) is 0 Å². The molecule has 0 saturated carbocycles. The van der Waals surface area contributed by atoms with Crippen molar-refractivity contribution in [3.63, 3.8) is 0 Å². The SMILES string of the molecule is CCCCOC(=O)C(N)(Cc1ccccc1)C(=O)O. The predicted molar refractivity (Wildman–Crippen MR) is 70.6 cm³/mol. The first-order chi connectivity index (χ1) is 9.00. The van der Waals surface area contributed by atoms with Crippen LogP contribution in [-0.4, -0.2) is 29.2 Å². The molecule has 0 aliphatic carbocycles. The van der Waals surface area contributed by atoms with Crippen molar-refractivity contribution >= 4 is 11.9 Å². The molecule has 0 fully saturated rings. The molecule has 1 unspecified atom stereocenters. The Hall–Kier alpha value is -1.88. The Kier molecular flexibility index (Phi) is 5.51. The average Bonchev–Trinajstić information content (AvgIpc) is 2.39. The second-order valence-electron chi connectivity index (χ2n) is 4.43. The molecule has 5 nitrogen and oxygen atoms in total. The fourth-order valence-electron chi connectivity index (χ4n) is 1.59. The van der Waals surface area contributed by atoms with Crippen molar-refractivity contribution in [1.82, 2.24) is 0 Å². The number of rotatable bonds is 7. The van der Waals surface area contributed by atoms with Crippen LogP contribution in [0.4, 0.5) is 0 Å². The normalized spacial score (nSPS) is 13.6. The standard InChI is InChI=1S/C14H19NO4/c1-2-3-9-19-13(18)14(15,12(16)17)10-11-7-5-4-6-8-11/h4-8H,2-3,9-10,15H2,1H3,(H,16,17). The number of hydrogen-bond donors (Lipinski definition) is 2. The van der Waals surface area contributed by atoms with E-state index in [2.05, 4.69) is 0 Å². The van der Waals surface area contributed by atoms with Gasteiger partial charge in [0.05, 0.1) is 6.61 Å². The smallest absolute Gasteiger partial charge is 0.338 e. The average molecular weight is 265 g/mol. The number of aliphatic carboxylic acids is 1. The molecular weight excluding hydrogens is 246 g/mol. The third kappa shape index (κ3) is 4.06. The Bertz CT molecular complexity index is 432. The Morgan fingerprint density at radius 3 is 2.47 bits per heavy atom. The third-order valence-electron chi connectivity index (χ3n) is 2.80. The van der Waals surface area contributed by atoms with Crippen LogP contribution in [0.25, 0.3) is 0 Å². The van der Waals surface area contributed by atoms with Crippen LogP contribution in [0.2, 0.25) is 0 Å². The van der Waals surface area contributed by atoms with E-state index >= 15 is 0 Å². The molecule has 0 aliphatic rings. The number of carboxylic acids is 1. The van der Waals surface area contributed by atoms with Crippen LogP contribution < -0.4 is 5.73 Å². The van der Waals surface area contributed by atoms with E-state index in [1.54, 1.807) is 24.3 Å². The maximum absolute atomic E-state index is 11.9. The molecule has 3 N–H and O–H groups in total. The number of carboxylic acid groups (broad SMARTS) is 1. The minimum atomic E-state index is -2.03. The molecule has 0 heterocycles. The van der Waals surface area contributed by atoms with E-state index < -0.39 is 17.5 Å². The molecular formula is C14H19NO4. The number of hydrogen-bond acceptors (Lipinski definition) is 4. The number of esters is 1. The Balaban J connectivity index is 2.79. The minimum absolute atomic E-state index is 0.0892. The van der Waals surface area contributed by atoms with Gasteiger partial charge >= 0.3 is 11.9 Å². The van der Waals surface area contributed by atoms with E-state index in [9.17, 15) is 14.7 Å². The highest BCUT2D eigenvalue weighted by Gasteiger charge is 2.44. The van der Waals surface area contributed by atoms with Crippen molar-refractivity contribution in [1.29, 1.82) is 0 Å². The molecule has 1 atom stereocenters. The maximum atomic E-state index is 11.9. The van der Waals surface area contributed by atoms with Gasteiger partial charge in [-0.05, 0) is 12.0 Å². The van der Waals surface area contributed by atoms with E-state index in [-0.39, 0.29) is 13.0 Å². The summed E-state index contributed by atoms with van der Waals surface area (Å²) in [4.78, 5) is 23.1. The largest absolute Gasteiger partial charge is 0.479 e. The van der Waals surface area contributed by atoms with Crippen LogP contribution in [0.15, 0.2) is 30.3 Å². The lowest BCUT2D eigenvalue weighted by Gasteiger charge is -2.22. The van der Waals surface area contributed by atoms with E-state index in [1.807, 2.05) is 13.0 Å². The van der Waals surface area contributed by atoms with Crippen molar-refractivity contribution in [3.8, 4) is 0 Å². The number of ether oxygens (including phenoxy) is 1. The lowest BCUT2D eigenvalue weighted by atomic mass is 9.92. The first-order valence-corrected chi connectivity index (χ1v) is 6.24. The van der Waals surface area contributed by atoms with Gasteiger partial charge in [-0.15, -0.1) is 0 Å². The topological polar surface area (TPSA) is 89.6 Å². The van der Waals surface area contributed by atoms with Crippen LogP contribution >= 0.6 is 0 Å². The Morgan fingerprint density at radius 1 is 1.32 bits per heavy atom. The van der Waals surface area contributed by atoms with Crippen molar-refractivity contribution in [2.75, 3.05) is 6.61 Å². The molecule has 1 rings (SSSR count). The first kappa shape index (κ1) is 15.2. The summed E-state index contributed by atoms with van der Waals surface area (Å²) < 4.78 is 4.94. The van der Waals surface area contributed by atoms with Gasteiger partial charge in [-0.2, -0.15) is 0 Å². The van der Waals surface area contributed by atoms with E-state index in [0.29, 0.717) is 12.0 Å². The Morgan fingerprint density at radius 2 is 1.95 bits per heavy atom. The van der Waals surface area contributed by atoms with Crippen LogP contribution in [0.1, 0.15) is 25.3 Å². The van der Waals surface area contributed by atoms with E-state index in [1.165, 1.54) is 0 Å². The molecule has 5 heteroatoms. The third-order valence-corrected chi connectivity index (χ3v) is 2.80. The minimum Gasteiger partial charge on any atom is -0.479 e. The molecule has 0 amide bonds. The lowest BCUT2D eigenvalue weighted by Crippen LogP contribution is -2.57. The van der Waals surface area contributed by atoms with Crippen LogP contribution in [0.5, 0.6) is 0 Å². The van der Waals surface area contributed by atoms with E-state index in [4.69, 9.17) is 10.5 Å². The molecule has 0 aliphatic heterocycles. The zero-order valence-electron chi connectivity index (χ0n) is 11.0. The maximum Gasteiger partial charge on any atom is 0.338 e. The molecule has 0 saturated heterocycles. The monoisotopic (exact) mass is 265 g/mol. The zero-order valence-corrected chi connectivity index (χ0v) is 11.0. The summed E-state index contributed by atoms with van der Waals surface area (Å²) in [5, 5.41) is 9.19. The van der Waals surface area contributed by atoms with Gasteiger partial charge in [0.15, 0.2) is 0 Å². The second-order valence-corrected chi connectivity index (χ2v) is 4.43. The highest BCUT2D eigenvalue weighted by Crippen LogP contribution is 2.14. The fraction of sp³-hybridized carbons (Fsp3) is 0.429. The summed E-state index contributed by atoms with van der Waals surface area (Å²) in [6.45, 7) is 2.14. The molecule has 0 radical (unpaired) electrons. The van der Waals surface area contributed by atoms with Gasteiger partial charge in [0.25, 0.3) is 0 Å². The van der Waals surface area contributed by atoms with Gasteiger partial charge in [0, 0.05) is 6.42 Å². The summed E-state index contributed by atoms with van der Waals surface area (Å²) >= 11 is 0. The van der Waals surface area contributed by atoms with Gasteiger partial charge in [-0.3, -0.25) is 0 Å². The summed E-state index contributed by atoms with van der Waals surface area (Å²) in [5.74, 6) is -2.27. The van der Waals surface area contributed by atoms with Crippen molar-refractivity contribution < 1.29 is 19.4 Å². The summed E-state index contributed by atoms with van der Waals surface area (Å²) in [6.07, 6.45) is 1.46. The number of nitrogens with two attached hydrogens (primary N) is 1. The lowest BCUT2D eigenvalue weighted by molar-refractivity contribution is -0.161. The molecule has 104 valence electrons. The summed E-state index contributed by atoms with van der Waals surface area (Å²) in [7, 11) is 0. The number of benzene rings is 1. The fourth-order valence-corrected chi connectivity index (χ4v) is 1.59. The molecule has 0 bridgehead atoms. The molecule has 0 spiro atoms. The number of carbonyl (C=O) groups is 2. The van der Waals surface area contributed by atoms with Gasteiger partial charge in [0.2, 0.25) is 5.54 Å². The van der Waals surface area contributed by atoms with Crippen molar-refractivity contribution in [3.05, 3.63) is 35.9 Å².